The van der Waals surface area contributed by atoms with Crippen LogP contribution in [-0.2, 0) is 10.2 Å². The van der Waals surface area contributed by atoms with Crippen LogP contribution in [0.3, 0.4) is 0 Å². The van der Waals surface area contributed by atoms with E-state index < -0.39 is 10.3 Å². The lowest BCUT2D eigenvalue weighted by Crippen LogP contribution is -2.53. The van der Waals surface area contributed by atoms with Gasteiger partial charge in [-0.05, 0) is 32.4 Å². The predicted molar refractivity (Wildman–Crippen MR) is 111 cm³/mol. The van der Waals surface area contributed by atoms with Crippen LogP contribution in [0.15, 0.2) is 42.5 Å². The van der Waals surface area contributed by atoms with E-state index in [-0.39, 0.29) is 17.2 Å². The van der Waals surface area contributed by atoms with Gasteiger partial charge in [-0.1, -0.05) is 30.3 Å². The lowest BCUT2D eigenvalue weighted by molar-refractivity contribution is -0.385. The molecule has 0 aliphatic carbocycles. The van der Waals surface area contributed by atoms with E-state index in [4.69, 9.17) is 0 Å². The Hall–Kier alpha value is -3.40. The summed E-state index contributed by atoms with van der Waals surface area (Å²) in [5.74, 6) is 0.0665. The zero-order valence-corrected chi connectivity index (χ0v) is 16.9. The average molecular weight is 392 g/mol. The van der Waals surface area contributed by atoms with Crippen LogP contribution >= 0.6 is 0 Å². The molecular weight excluding hydrogens is 368 g/mol. The molecule has 1 saturated heterocycles. The Labute approximate surface area is 170 Å². The minimum Gasteiger partial charge on any atom is -0.368 e. The van der Waals surface area contributed by atoms with E-state index in [0.29, 0.717) is 37.4 Å². The van der Waals surface area contributed by atoms with Crippen molar-refractivity contribution in [3.8, 4) is 6.07 Å². The molecular formula is C22H24N4O3. The highest BCUT2D eigenvalue weighted by Gasteiger charge is 2.35. The Bertz CT molecular complexity index is 972. The van der Waals surface area contributed by atoms with E-state index in [1.807, 2.05) is 60.0 Å². The number of hydrogen-bond acceptors (Lipinski definition) is 5. The fraction of sp³-hybridized carbons (Fsp3) is 0.364. The molecule has 0 radical (unpaired) electrons. The monoisotopic (exact) mass is 392 g/mol. The summed E-state index contributed by atoms with van der Waals surface area (Å²) in [6.45, 7) is 7.73. The number of nitriles is 1. The molecule has 0 unspecified atom stereocenters. The summed E-state index contributed by atoms with van der Waals surface area (Å²) in [5, 5.41) is 20.6. The number of anilines is 1. The van der Waals surface area contributed by atoms with Gasteiger partial charge in [0.15, 0.2) is 0 Å². The summed E-state index contributed by atoms with van der Waals surface area (Å²) in [4.78, 5) is 27.9. The van der Waals surface area contributed by atoms with Crippen molar-refractivity contribution < 1.29 is 9.72 Å². The highest BCUT2D eigenvalue weighted by molar-refractivity contribution is 5.87. The summed E-state index contributed by atoms with van der Waals surface area (Å²) < 4.78 is 0. The van der Waals surface area contributed by atoms with Crippen molar-refractivity contribution in [2.75, 3.05) is 31.1 Å². The highest BCUT2D eigenvalue weighted by atomic mass is 16.6. The first kappa shape index (κ1) is 20.3. The van der Waals surface area contributed by atoms with E-state index in [0.717, 1.165) is 5.56 Å². The first-order chi connectivity index (χ1) is 13.8. The third-order valence-electron chi connectivity index (χ3n) is 5.62. The molecule has 0 atom stereocenters. The number of nitro benzene ring substituents is 1. The number of rotatable bonds is 4. The molecule has 0 aromatic heterocycles. The average Bonchev–Trinajstić information content (AvgIpc) is 2.74. The van der Waals surface area contributed by atoms with Gasteiger partial charge in [0.25, 0.3) is 5.69 Å². The minimum absolute atomic E-state index is 0.0530. The standard InChI is InChI=1S/C22H24N4O3/c1-16-19(13-17(15-23)14-20(16)26(28)29)24-9-11-25(12-10-24)21(27)22(2,3)18-7-5-4-6-8-18/h4-8,13-14H,9-12H2,1-3H3. The maximum Gasteiger partial charge on any atom is 0.275 e. The van der Waals surface area contributed by atoms with Gasteiger partial charge in [0.05, 0.1) is 27.5 Å². The van der Waals surface area contributed by atoms with Gasteiger partial charge in [-0.25, -0.2) is 0 Å². The van der Waals surface area contributed by atoms with Crippen LogP contribution in [0.4, 0.5) is 11.4 Å². The smallest absolute Gasteiger partial charge is 0.275 e. The Balaban J connectivity index is 1.78. The SMILES string of the molecule is Cc1c(N2CCN(C(=O)C(C)(C)c3ccccc3)CC2)cc(C#N)cc1[N+](=O)[O-]. The fourth-order valence-corrected chi connectivity index (χ4v) is 3.79. The van der Waals surface area contributed by atoms with Crippen LogP contribution in [-0.4, -0.2) is 41.9 Å². The van der Waals surface area contributed by atoms with Gasteiger partial charge >= 0.3 is 0 Å². The Morgan fingerprint density at radius 2 is 1.76 bits per heavy atom. The number of nitrogens with zero attached hydrogens (tertiary/aromatic N) is 4. The zero-order chi connectivity index (χ0) is 21.2. The van der Waals surface area contributed by atoms with Crippen molar-refractivity contribution in [3.63, 3.8) is 0 Å². The number of amides is 1. The predicted octanol–water partition coefficient (Wildman–Crippen LogP) is 3.40. The Morgan fingerprint density at radius 1 is 1.14 bits per heavy atom. The van der Waals surface area contributed by atoms with Crippen LogP contribution in [0.5, 0.6) is 0 Å². The van der Waals surface area contributed by atoms with Gasteiger partial charge in [0.1, 0.15) is 0 Å². The molecule has 29 heavy (non-hydrogen) atoms. The maximum absolute atomic E-state index is 13.1. The van der Waals surface area contributed by atoms with Gasteiger partial charge in [-0.2, -0.15) is 5.26 Å². The first-order valence-electron chi connectivity index (χ1n) is 9.54. The van der Waals surface area contributed by atoms with Crippen LogP contribution in [0.1, 0.15) is 30.5 Å². The summed E-state index contributed by atoms with van der Waals surface area (Å²) >= 11 is 0. The molecule has 7 heteroatoms. The molecule has 0 spiro atoms. The summed E-state index contributed by atoms with van der Waals surface area (Å²) in [7, 11) is 0. The summed E-state index contributed by atoms with van der Waals surface area (Å²) in [5.41, 5.74) is 1.78. The first-order valence-corrected chi connectivity index (χ1v) is 9.54. The molecule has 3 rings (SSSR count). The molecule has 1 amide bonds. The quantitative estimate of drug-likeness (QED) is 0.587. The molecule has 2 aromatic carbocycles. The van der Waals surface area contributed by atoms with Crippen molar-refractivity contribution in [2.45, 2.75) is 26.2 Å². The van der Waals surface area contributed by atoms with Crippen molar-refractivity contribution in [3.05, 3.63) is 69.3 Å². The lowest BCUT2D eigenvalue weighted by Gasteiger charge is -2.40. The van der Waals surface area contributed by atoms with Crippen LogP contribution in [0, 0.1) is 28.4 Å². The molecule has 0 N–H and O–H groups in total. The van der Waals surface area contributed by atoms with Gasteiger partial charge in [-0.15, -0.1) is 0 Å². The van der Waals surface area contributed by atoms with E-state index in [2.05, 4.69) is 0 Å². The van der Waals surface area contributed by atoms with Gasteiger partial charge in [0.2, 0.25) is 5.91 Å². The van der Waals surface area contributed by atoms with E-state index >= 15 is 0 Å². The van der Waals surface area contributed by atoms with Gasteiger partial charge in [0, 0.05) is 37.9 Å². The molecule has 1 fully saturated rings. The Kier molecular flexibility index (Phi) is 5.55. The molecule has 0 bridgehead atoms. The van der Waals surface area contributed by atoms with E-state index in [1.165, 1.54) is 6.07 Å². The summed E-state index contributed by atoms with van der Waals surface area (Å²) in [6, 6.07) is 14.7. The van der Waals surface area contributed by atoms with Crippen LogP contribution in [0.2, 0.25) is 0 Å². The third kappa shape index (κ3) is 3.92. The van der Waals surface area contributed by atoms with Crippen LogP contribution < -0.4 is 4.90 Å². The molecule has 1 aliphatic rings. The lowest BCUT2D eigenvalue weighted by atomic mass is 9.83. The van der Waals surface area contributed by atoms with Crippen molar-refractivity contribution in [1.29, 1.82) is 5.26 Å². The topological polar surface area (TPSA) is 90.5 Å². The van der Waals surface area contributed by atoms with Crippen molar-refractivity contribution in [2.24, 2.45) is 0 Å². The Morgan fingerprint density at radius 3 is 2.31 bits per heavy atom. The highest BCUT2D eigenvalue weighted by Crippen LogP contribution is 2.32. The minimum atomic E-state index is -0.626. The van der Waals surface area contributed by atoms with Crippen LogP contribution in [0.25, 0.3) is 0 Å². The number of piperazine rings is 1. The fourth-order valence-electron chi connectivity index (χ4n) is 3.79. The second kappa shape index (κ2) is 7.92. The second-order valence-corrected chi connectivity index (χ2v) is 7.78. The van der Waals surface area contributed by atoms with Crippen molar-refractivity contribution >= 4 is 17.3 Å². The van der Waals surface area contributed by atoms with Gasteiger partial charge in [-0.3, -0.25) is 14.9 Å². The largest absolute Gasteiger partial charge is 0.368 e. The molecule has 0 saturated carbocycles. The number of carbonyl (C=O) groups is 1. The van der Waals surface area contributed by atoms with E-state index in [9.17, 15) is 20.2 Å². The molecule has 1 aliphatic heterocycles. The summed E-state index contributed by atoms with van der Waals surface area (Å²) in [6.07, 6.45) is 0. The number of hydrogen-bond donors (Lipinski definition) is 0. The normalized spacial score (nSPS) is 14.4. The number of nitro groups is 1. The second-order valence-electron chi connectivity index (χ2n) is 7.78. The molecule has 7 nitrogen and oxygen atoms in total. The zero-order valence-electron chi connectivity index (χ0n) is 16.9. The maximum atomic E-state index is 13.1. The third-order valence-corrected chi connectivity index (χ3v) is 5.62. The van der Waals surface area contributed by atoms with Crippen molar-refractivity contribution in [1.82, 2.24) is 4.90 Å². The number of carbonyl (C=O) groups excluding carboxylic acids is 1. The molecule has 150 valence electrons. The number of benzene rings is 2. The molecule has 2 aromatic rings. The van der Waals surface area contributed by atoms with Gasteiger partial charge < -0.3 is 9.80 Å². The molecule has 1 heterocycles. The van der Waals surface area contributed by atoms with E-state index in [1.54, 1.807) is 13.0 Å².